The number of para-hydroxylation sites is 1. The van der Waals surface area contributed by atoms with E-state index in [-0.39, 0.29) is 12.7 Å². The Morgan fingerprint density at radius 2 is 2.00 bits per heavy atom. The Bertz CT molecular complexity index is 379. The SMILES string of the molecule is O[C@H](COc1ccccc1Br)COC1CCOCC1. The van der Waals surface area contributed by atoms with Gasteiger partial charge in [0.2, 0.25) is 0 Å². The Morgan fingerprint density at radius 1 is 1.26 bits per heavy atom. The van der Waals surface area contributed by atoms with Crippen LogP contribution in [0.1, 0.15) is 12.8 Å². The molecular weight excluding hydrogens is 312 g/mol. The predicted molar refractivity (Wildman–Crippen MR) is 75.4 cm³/mol. The zero-order valence-electron chi connectivity index (χ0n) is 10.8. The van der Waals surface area contributed by atoms with Crippen molar-refractivity contribution in [2.24, 2.45) is 0 Å². The first kappa shape index (κ1) is 14.8. The molecule has 0 radical (unpaired) electrons. The predicted octanol–water partition coefficient (Wildman–Crippen LogP) is 2.38. The first-order chi connectivity index (χ1) is 9.25. The van der Waals surface area contributed by atoms with Crippen LogP contribution < -0.4 is 4.74 Å². The highest BCUT2D eigenvalue weighted by molar-refractivity contribution is 9.10. The molecule has 1 aromatic rings. The van der Waals surface area contributed by atoms with Crippen LogP contribution in [-0.2, 0) is 9.47 Å². The monoisotopic (exact) mass is 330 g/mol. The topological polar surface area (TPSA) is 47.9 Å². The van der Waals surface area contributed by atoms with Crippen molar-refractivity contribution >= 4 is 15.9 Å². The largest absolute Gasteiger partial charge is 0.490 e. The summed E-state index contributed by atoms with van der Waals surface area (Å²) < 4.78 is 17.3. The number of hydrogen-bond donors (Lipinski definition) is 1. The minimum Gasteiger partial charge on any atom is -0.490 e. The maximum Gasteiger partial charge on any atom is 0.133 e. The van der Waals surface area contributed by atoms with Gasteiger partial charge >= 0.3 is 0 Å². The molecule has 1 saturated heterocycles. The fourth-order valence-electron chi connectivity index (χ4n) is 1.89. The second kappa shape index (κ2) is 7.85. The summed E-state index contributed by atoms with van der Waals surface area (Å²) in [5, 5.41) is 9.84. The number of benzene rings is 1. The van der Waals surface area contributed by atoms with Crippen molar-refractivity contribution < 1.29 is 19.3 Å². The standard InChI is InChI=1S/C14H19BrO4/c15-13-3-1-2-4-14(13)19-10-11(16)9-18-12-5-7-17-8-6-12/h1-4,11-12,16H,5-10H2/t11-/m0/s1. The summed E-state index contributed by atoms with van der Waals surface area (Å²) in [5.74, 6) is 0.729. The number of rotatable bonds is 6. The van der Waals surface area contributed by atoms with E-state index in [1.807, 2.05) is 24.3 Å². The van der Waals surface area contributed by atoms with E-state index in [0.717, 1.165) is 36.3 Å². The Morgan fingerprint density at radius 3 is 2.74 bits per heavy atom. The van der Waals surface area contributed by atoms with Crippen LogP contribution in [0.5, 0.6) is 5.75 Å². The first-order valence-corrected chi connectivity index (χ1v) is 7.30. The summed E-state index contributed by atoms with van der Waals surface area (Å²) in [4.78, 5) is 0. The molecule has 1 heterocycles. The maximum absolute atomic E-state index is 9.84. The molecule has 1 aromatic carbocycles. The molecule has 1 atom stereocenters. The van der Waals surface area contributed by atoms with E-state index >= 15 is 0 Å². The van der Waals surface area contributed by atoms with Crippen LogP contribution >= 0.6 is 15.9 Å². The zero-order chi connectivity index (χ0) is 13.5. The molecule has 0 spiro atoms. The number of hydrogen-bond acceptors (Lipinski definition) is 4. The number of halogens is 1. The lowest BCUT2D eigenvalue weighted by Crippen LogP contribution is -2.30. The summed E-state index contributed by atoms with van der Waals surface area (Å²) >= 11 is 3.40. The van der Waals surface area contributed by atoms with Crippen molar-refractivity contribution in [2.45, 2.75) is 25.0 Å². The Balaban J connectivity index is 1.66. The quantitative estimate of drug-likeness (QED) is 0.870. The molecule has 0 unspecified atom stereocenters. The molecule has 0 aromatic heterocycles. The van der Waals surface area contributed by atoms with Gasteiger partial charge in [-0.3, -0.25) is 0 Å². The summed E-state index contributed by atoms with van der Waals surface area (Å²) in [5.41, 5.74) is 0. The highest BCUT2D eigenvalue weighted by atomic mass is 79.9. The van der Waals surface area contributed by atoms with Gasteiger partial charge in [-0.25, -0.2) is 0 Å². The minimum atomic E-state index is -0.616. The third kappa shape index (κ3) is 5.10. The van der Waals surface area contributed by atoms with Crippen molar-refractivity contribution in [3.8, 4) is 5.75 Å². The Hall–Kier alpha value is -0.620. The number of ether oxygens (including phenoxy) is 3. The zero-order valence-corrected chi connectivity index (χ0v) is 12.3. The molecule has 1 fully saturated rings. The van der Waals surface area contributed by atoms with Crippen LogP contribution in [-0.4, -0.2) is 43.7 Å². The van der Waals surface area contributed by atoms with Gasteiger partial charge in [0.25, 0.3) is 0 Å². The van der Waals surface area contributed by atoms with Gasteiger partial charge in [-0.2, -0.15) is 0 Å². The molecule has 5 heteroatoms. The first-order valence-electron chi connectivity index (χ1n) is 6.50. The summed E-state index contributed by atoms with van der Waals surface area (Å²) in [6.07, 6.45) is 1.39. The van der Waals surface area contributed by atoms with Crippen molar-refractivity contribution in [1.29, 1.82) is 0 Å². The molecule has 0 amide bonds. The average molecular weight is 331 g/mol. The third-order valence-electron chi connectivity index (χ3n) is 2.96. The van der Waals surface area contributed by atoms with Gasteiger partial charge < -0.3 is 19.3 Å². The molecule has 0 bridgehead atoms. The van der Waals surface area contributed by atoms with Crippen molar-refractivity contribution in [2.75, 3.05) is 26.4 Å². The van der Waals surface area contributed by atoms with Crippen LogP contribution in [0.15, 0.2) is 28.7 Å². The highest BCUT2D eigenvalue weighted by Gasteiger charge is 2.16. The van der Waals surface area contributed by atoms with E-state index in [1.165, 1.54) is 0 Å². The molecule has 1 N–H and O–H groups in total. The van der Waals surface area contributed by atoms with E-state index in [0.29, 0.717) is 6.61 Å². The van der Waals surface area contributed by atoms with Gasteiger partial charge in [-0.05, 0) is 40.9 Å². The van der Waals surface area contributed by atoms with Crippen molar-refractivity contribution in [3.05, 3.63) is 28.7 Å². The molecule has 0 saturated carbocycles. The highest BCUT2D eigenvalue weighted by Crippen LogP contribution is 2.23. The molecule has 106 valence electrons. The molecule has 0 aliphatic carbocycles. The average Bonchev–Trinajstić information content (AvgIpc) is 2.45. The van der Waals surface area contributed by atoms with Gasteiger partial charge in [-0.15, -0.1) is 0 Å². The van der Waals surface area contributed by atoms with Crippen LogP contribution in [0.2, 0.25) is 0 Å². The van der Waals surface area contributed by atoms with Crippen LogP contribution in [0.3, 0.4) is 0 Å². The van der Waals surface area contributed by atoms with E-state index in [2.05, 4.69) is 15.9 Å². The normalized spacial score (nSPS) is 18.2. The summed E-state index contributed by atoms with van der Waals surface area (Å²) in [6.45, 7) is 2.02. The van der Waals surface area contributed by atoms with Crippen molar-refractivity contribution in [3.63, 3.8) is 0 Å². The molecule has 1 aliphatic rings. The fourth-order valence-corrected chi connectivity index (χ4v) is 2.28. The third-order valence-corrected chi connectivity index (χ3v) is 3.62. The van der Waals surface area contributed by atoms with Crippen LogP contribution in [0.25, 0.3) is 0 Å². The smallest absolute Gasteiger partial charge is 0.133 e. The Labute approximate surface area is 121 Å². The number of aliphatic hydroxyl groups is 1. The van der Waals surface area contributed by atoms with Gasteiger partial charge in [0.1, 0.15) is 18.5 Å². The fraction of sp³-hybridized carbons (Fsp3) is 0.571. The van der Waals surface area contributed by atoms with Crippen LogP contribution in [0, 0.1) is 0 Å². The van der Waals surface area contributed by atoms with Crippen LogP contribution in [0.4, 0.5) is 0 Å². The van der Waals surface area contributed by atoms with E-state index in [4.69, 9.17) is 14.2 Å². The maximum atomic E-state index is 9.84. The van der Waals surface area contributed by atoms with Gasteiger partial charge in [-0.1, -0.05) is 12.1 Å². The molecule has 1 aliphatic heterocycles. The number of aliphatic hydroxyl groups excluding tert-OH is 1. The summed E-state index contributed by atoms with van der Waals surface area (Å²) in [7, 11) is 0. The Kier molecular flexibility index (Phi) is 6.10. The molecular formula is C14H19BrO4. The van der Waals surface area contributed by atoms with Gasteiger partial charge in [0.05, 0.1) is 17.2 Å². The van der Waals surface area contributed by atoms with E-state index in [9.17, 15) is 5.11 Å². The lowest BCUT2D eigenvalue weighted by Gasteiger charge is -2.23. The van der Waals surface area contributed by atoms with Gasteiger partial charge in [0.15, 0.2) is 0 Å². The lowest BCUT2D eigenvalue weighted by atomic mass is 10.1. The second-order valence-electron chi connectivity index (χ2n) is 4.54. The minimum absolute atomic E-state index is 0.201. The van der Waals surface area contributed by atoms with E-state index in [1.54, 1.807) is 0 Å². The summed E-state index contributed by atoms with van der Waals surface area (Å²) in [6, 6.07) is 7.57. The molecule has 2 rings (SSSR count). The van der Waals surface area contributed by atoms with E-state index < -0.39 is 6.10 Å². The lowest BCUT2D eigenvalue weighted by molar-refractivity contribution is -0.0659. The van der Waals surface area contributed by atoms with Gasteiger partial charge in [0, 0.05) is 13.2 Å². The molecule has 4 nitrogen and oxygen atoms in total. The van der Waals surface area contributed by atoms with Crippen molar-refractivity contribution in [1.82, 2.24) is 0 Å². The second-order valence-corrected chi connectivity index (χ2v) is 5.39. The molecule has 19 heavy (non-hydrogen) atoms.